The first kappa shape index (κ1) is 21.9. The van der Waals surface area contributed by atoms with Gasteiger partial charge in [0.05, 0.1) is 6.54 Å². The highest BCUT2D eigenvalue weighted by atomic mass is 19.4. The van der Waals surface area contributed by atoms with Crippen molar-refractivity contribution in [2.24, 2.45) is 4.99 Å². The number of carbonyl (C=O) groups excluding carboxylic acids is 2. The Morgan fingerprint density at radius 3 is 2.26 bits per heavy atom. The molecule has 3 aromatic rings. The average Bonchev–Trinajstić information content (AvgIpc) is 3.19. The minimum absolute atomic E-state index is 0.0381. The maximum atomic E-state index is 13.9. The molecule has 5 nitrogen and oxygen atoms in total. The predicted molar refractivity (Wildman–Crippen MR) is 118 cm³/mol. The first-order chi connectivity index (χ1) is 16.3. The van der Waals surface area contributed by atoms with Crippen molar-refractivity contribution in [3.05, 3.63) is 107 Å². The van der Waals surface area contributed by atoms with Crippen LogP contribution in [0.5, 0.6) is 0 Å². The number of hydrogen-bond acceptors (Lipinski definition) is 4. The Labute approximate surface area is 193 Å². The van der Waals surface area contributed by atoms with Gasteiger partial charge < -0.3 is 4.74 Å². The molecule has 0 aliphatic carbocycles. The molecule has 0 bridgehead atoms. The third-order valence-electron chi connectivity index (χ3n) is 6.07. The van der Waals surface area contributed by atoms with Gasteiger partial charge in [-0.3, -0.25) is 14.5 Å². The van der Waals surface area contributed by atoms with Gasteiger partial charge in [0, 0.05) is 17.5 Å². The number of nitrogens with zero attached hydrogens (tertiary/aromatic N) is 2. The number of fused-ring (bicyclic) bond motifs is 3. The molecule has 0 fully saturated rings. The first-order valence-corrected chi connectivity index (χ1v) is 10.7. The standard InChI is InChI=1S/C26H19F3N2O3/c27-26(28,29)24(33)31-16-19-13-7-8-14-20(19)21-25(23(31)32,15-17-9-3-1-4-10-17)30-22(34-21)18-11-5-2-6-12-18/h1-14,21H,15-16H2/t21-,25-/m0/s1. The van der Waals surface area contributed by atoms with Crippen LogP contribution in [0.1, 0.15) is 28.4 Å². The summed E-state index contributed by atoms with van der Waals surface area (Å²) < 4.78 is 46.9. The van der Waals surface area contributed by atoms with Crippen LogP contribution < -0.4 is 0 Å². The lowest BCUT2D eigenvalue weighted by atomic mass is 9.81. The zero-order valence-corrected chi connectivity index (χ0v) is 17.8. The summed E-state index contributed by atoms with van der Waals surface area (Å²) in [6.07, 6.45) is -6.26. The summed E-state index contributed by atoms with van der Waals surface area (Å²) in [5.41, 5.74) is 0.403. The molecule has 0 N–H and O–H groups in total. The Morgan fingerprint density at radius 1 is 0.971 bits per heavy atom. The van der Waals surface area contributed by atoms with E-state index < -0.39 is 36.2 Å². The summed E-state index contributed by atoms with van der Waals surface area (Å²) in [5.74, 6) is -3.11. The van der Waals surface area contributed by atoms with Crippen LogP contribution in [0, 0.1) is 0 Å². The van der Waals surface area contributed by atoms with Gasteiger partial charge >= 0.3 is 12.1 Å². The third kappa shape index (κ3) is 3.65. The van der Waals surface area contributed by atoms with Crippen LogP contribution in [0.25, 0.3) is 0 Å². The molecule has 0 saturated heterocycles. The lowest BCUT2D eigenvalue weighted by Crippen LogP contribution is -2.54. The van der Waals surface area contributed by atoms with E-state index in [1.54, 1.807) is 84.9 Å². The van der Waals surface area contributed by atoms with Gasteiger partial charge in [0.15, 0.2) is 11.6 Å². The zero-order valence-electron chi connectivity index (χ0n) is 17.8. The molecule has 2 amide bonds. The number of ether oxygens (including phenoxy) is 1. The molecule has 2 atom stereocenters. The molecular formula is C26H19F3N2O3. The van der Waals surface area contributed by atoms with E-state index >= 15 is 0 Å². The van der Waals surface area contributed by atoms with Crippen LogP contribution in [-0.2, 0) is 27.3 Å². The molecule has 2 aliphatic rings. The van der Waals surface area contributed by atoms with Crippen LogP contribution in [-0.4, -0.2) is 34.3 Å². The predicted octanol–water partition coefficient (Wildman–Crippen LogP) is 4.62. The van der Waals surface area contributed by atoms with Gasteiger partial charge in [-0.1, -0.05) is 72.8 Å². The third-order valence-corrected chi connectivity index (χ3v) is 6.07. The lowest BCUT2D eigenvalue weighted by Gasteiger charge is -2.32. The molecule has 34 heavy (non-hydrogen) atoms. The van der Waals surface area contributed by atoms with Crippen molar-refractivity contribution in [2.45, 2.75) is 30.8 Å². The highest BCUT2D eigenvalue weighted by Crippen LogP contribution is 2.47. The number of imide groups is 1. The largest absolute Gasteiger partial charge is 0.471 e. The van der Waals surface area contributed by atoms with Crippen LogP contribution in [0.2, 0.25) is 0 Å². The van der Waals surface area contributed by atoms with Crippen molar-refractivity contribution in [3.8, 4) is 0 Å². The van der Waals surface area contributed by atoms with E-state index in [9.17, 15) is 22.8 Å². The Kier molecular flexibility index (Phi) is 5.23. The number of rotatable bonds is 3. The minimum Gasteiger partial charge on any atom is -0.466 e. The highest BCUT2D eigenvalue weighted by Gasteiger charge is 2.60. The Morgan fingerprint density at radius 2 is 1.59 bits per heavy atom. The van der Waals surface area contributed by atoms with Gasteiger partial charge in [0.2, 0.25) is 5.90 Å². The zero-order chi connectivity index (χ0) is 23.9. The summed E-state index contributed by atoms with van der Waals surface area (Å²) >= 11 is 0. The Balaban J connectivity index is 1.74. The van der Waals surface area contributed by atoms with Crippen molar-refractivity contribution in [1.82, 2.24) is 4.90 Å². The fourth-order valence-corrected chi connectivity index (χ4v) is 4.51. The monoisotopic (exact) mass is 464 g/mol. The van der Waals surface area contributed by atoms with Crippen molar-refractivity contribution in [1.29, 1.82) is 0 Å². The number of aliphatic imine (C=N–C) groups is 1. The van der Waals surface area contributed by atoms with Gasteiger partial charge in [-0.2, -0.15) is 13.2 Å². The molecule has 0 unspecified atom stereocenters. The Bertz CT molecular complexity index is 1280. The summed E-state index contributed by atoms with van der Waals surface area (Å²) in [4.78, 5) is 31.2. The number of benzene rings is 3. The smallest absolute Gasteiger partial charge is 0.466 e. The maximum Gasteiger partial charge on any atom is 0.471 e. The minimum atomic E-state index is -5.22. The highest BCUT2D eigenvalue weighted by molar-refractivity contribution is 6.07. The van der Waals surface area contributed by atoms with E-state index in [1.165, 1.54) is 0 Å². The second-order valence-electron chi connectivity index (χ2n) is 8.26. The summed E-state index contributed by atoms with van der Waals surface area (Å²) in [6, 6.07) is 24.4. The molecule has 5 rings (SSSR count). The molecule has 0 radical (unpaired) electrons. The van der Waals surface area contributed by atoms with E-state index in [2.05, 4.69) is 4.99 Å². The summed E-state index contributed by atoms with van der Waals surface area (Å²) in [7, 11) is 0. The number of alkyl halides is 3. The molecule has 0 saturated carbocycles. The van der Waals surface area contributed by atoms with Crippen molar-refractivity contribution >= 4 is 17.7 Å². The fraction of sp³-hybridized carbons (Fsp3) is 0.192. The van der Waals surface area contributed by atoms with E-state index in [0.717, 1.165) is 0 Å². The van der Waals surface area contributed by atoms with Gasteiger partial charge in [-0.25, -0.2) is 4.99 Å². The normalized spacial score (nSPS) is 21.7. The van der Waals surface area contributed by atoms with Gasteiger partial charge in [-0.05, 0) is 23.3 Å². The molecule has 2 aliphatic heterocycles. The quantitative estimate of drug-likeness (QED) is 0.569. The number of amides is 2. The number of halogens is 3. The SMILES string of the molecule is O=C(N1Cc2ccccc2[C@@H]2OC(c3ccccc3)=N[C@]2(Cc2ccccc2)C1=O)C(F)(F)F. The molecule has 3 aromatic carbocycles. The van der Waals surface area contributed by atoms with Crippen molar-refractivity contribution < 1.29 is 27.5 Å². The molecule has 2 heterocycles. The number of hydrogen-bond donors (Lipinski definition) is 0. The molecule has 0 spiro atoms. The van der Waals surface area contributed by atoms with E-state index in [4.69, 9.17) is 4.74 Å². The van der Waals surface area contributed by atoms with Crippen LogP contribution in [0.3, 0.4) is 0 Å². The van der Waals surface area contributed by atoms with Crippen molar-refractivity contribution in [3.63, 3.8) is 0 Å². The molecule has 8 heteroatoms. The van der Waals surface area contributed by atoms with Crippen LogP contribution in [0.15, 0.2) is 89.9 Å². The number of carbonyl (C=O) groups is 2. The average molecular weight is 464 g/mol. The van der Waals surface area contributed by atoms with Crippen LogP contribution in [0.4, 0.5) is 13.2 Å². The lowest BCUT2D eigenvalue weighted by molar-refractivity contribution is -0.189. The second-order valence-corrected chi connectivity index (χ2v) is 8.26. The summed E-state index contributed by atoms with van der Waals surface area (Å²) in [5, 5.41) is 0. The maximum absolute atomic E-state index is 13.9. The van der Waals surface area contributed by atoms with E-state index in [0.29, 0.717) is 22.3 Å². The Hall–Kier alpha value is -3.94. The van der Waals surface area contributed by atoms with Gasteiger partial charge in [0.25, 0.3) is 5.91 Å². The second kappa shape index (κ2) is 8.13. The van der Waals surface area contributed by atoms with Gasteiger partial charge in [-0.15, -0.1) is 0 Å². The molecule has 172 valence electrons. The summed E-state index contributed by atoms with van der Waals surface area (Å²) in [6.45, 7) is -0.514. The van der Waals surface area contributed by atoms with E-state index in [1.807, 2.05) is 0 Å². The van der Waals surface area contributed by atoms with Crippen LogP contribution >= 0.6 is 0 Å². The topological polar surface area (TPSA) is 59.0 Å². The fourth-order valence-electron chi connectivity index (χ4n) is 4.51. The first-order valence-electron chi connectivity index (χ1n) is 10.7. The van der Waals surface area contributed by atoms with Gasteiger partial charge in [0.1, 0.15) is 0 Å². The molecular weight excluding hydrogens is 445 g/mol. The molecule has 0 aromatic heterocycles. The van der Waals surface area contributed by atoms with E-state index in [-0.39, 0.29) is 17.2 Å². The van der Waals surface area contributed by atoms with Crippen molar-refractivity contribution in [2.75, 3.05) is 0 Å².